The highest BCUT2D eigenvalue weighted by molar-refractivity contribution is 5.94. The van der Waals surface area contributed by atoms with Crippen LogP contribution in [0.3, 0.4) is 0 Å². The van der Waals surface area contributed by atoms with Crippen LogP contribution >= 0.6 is 0 Å². The number of amides is 1. The zero-order valence-electron chi connectivity index (χ0n) is 11.8. The van der Waals surface area contributed by atoms with Crippen molar-refractivity contribution >= 4 is 5.91 Å². The Bertz CT molecular complexity index is 584. The lowest BCUT2D eigenvalue weighted by Crippen LogP contribution is -2.27. The van der Waals surface area contributed by atoms with Gasteiger partial charge in [-0.15, -0.1) is 0 Å². The van der Waals surface area contributed by atoms with E-state index in [2.05, 4.69) is 10.2 Å². The minimum Gasteiger partial charge on any atom is -0.336 e. The molecule has 0 aliphatic rings. The molecule has 1 amide bonds. The summed E-state index contributed by atoms with van der Waals surface area (Å²) in [4.78, 5) is 14.0. The molecule has 6 heteroatoms. The van der Waals surface area contributed by atoms with Crippen molar-refractivity contribution in [1.82, 2.24) is 24.5 Å². The van der Waals surface area contributed by atoms with Gasteiger partial charge in [-0.2, -0.15) is 10.2 Å². The molecule has 0 atom stereocenters. The minimum atomic E-state index is -0.0251. The van der Waals surface area contributed by atoms with Crippen molar-refractivity contribution in [1.29, 1.82) is 0 Å². The van der Waals surface area contributed by atoms with Gasteiger partial charge < -0.3 is 4.90 Å². The topological polar surface area (TPSA) is 56.0 Å². The van der Waals surface area contributed by atoms with Crippen molar-refractivity contribution in [3.05, 3.63) is 35.4 Å². The smallest absolute Gasteiger partial charge is 0.257 e. The van der Waals surface area contributed by atoms with Gasteiger partial charge in [0.2, 0.25) is 0 Å². The van der Waals surface area contributed by atoms with Crippen LogP contribution in [0.2, 0.25) is 0 Å². The number of carbonyl (C=O) groups is 1. The first-order valence-corrected chi connectivity index (χ1v) is 6.29. The number of rotatable bonds is 4. The van der Waals surface area contributed by atoms with E-state index < -0.39 is 0 Å². The summed E-state index contributed by atoms with van der Waals surface area (Å²) in [5, 5.41) is 8.47. The molecular weight excluding hydrogens is 242 g/mol. The molecule has 0 unspecified atom stereocenters. The fourth-order valence-corrected chi connectivity index (χ4v) is 2.04. The Hall–Kier alpha value is -2.11. The molecule has 0 spiro atoms. The predicted molar refractivity (Wildman–Crippen MR) is 71.6 cm³/mol. The lowest BCUT2D eigenvalue weighted by Gasteiger charge is -2.15. The number of nitrogens with zero attached hydrogens (tertiary/aromatic N) is 5. The summed E-state index contributed by atoms with van der Waals surface area (Å²) in [6.07, 6.45) is 3.50. The normalized spacial score (nSPS) is 10.7. The van der Waals surface area contributed by atoms with E-state index in [1.807, 2.05) is 37.8 Å². The zero-order chi connectivity index (χ0) is 14.0. The van der Waals surface area contributed by atoms with Gasteiger partial charge in [0.15, 0.2) is 0 Å². The summed E-state index contributed by atoms with van der Waals surface area (Å²) >= 11 is 0. The van der Waals surface area contributed by atoms with E-state index >= 15 is 0 Å². The second kappa shape index (κ2) is 5.26. The van der Waals surface area contributed by atoms with E-state index in [4.69, 9.17) is 0 Å². The maximum Gasteiger partial charge on any atom is 0.257 e. The Labute approximate surface area is 112 Å². The van der Waals surface area contributed by atoms with Crippen molar-refractivity contribution in [2.24, 2.45) is 7.05 Å². The molecule has 0 radical (unpaired) electrons. The Morgan fingerprint density at radius 1 is 1.47 bits per heavy atom. The maximum atomic E-state index is 12.3. The van der Waals surface area contributed by atoms with E-state index in [1.165, 1.54) is 0 Å². The first-order chi connectivity index (χ1) is 9.02. The Morgan fingerprint density at radius 3 is 2.74 bits per heavy atom. The lowest BCUT2D eigenvalue weighted by molar-refractivity contribution is 0.0782. The second-order valence-electron chi connectivity index (χ2n) is 4.60. The van der Waals surface area contributed by atoms with Gasteiger partial charge in [0.1, 0.15) is 0 Å². The van der Waals surface area contributed by atoms with E-state index in [0.717, 1.165) is 17.9 Å². The van der Waals surface area contributed by atoms with E-state index in [0.29, 0.717) is 12.1 Å². The lowest BCUT2D eigenvalue weighted by atomic mass is 10.2. The van der Waals surface area contributed by atoms with Crippen molar-refractivity contribution in [2.45, 2.75) is 26.9 Å². The van der Waals surface area contributed by atoms with Gasteiger partial charge in [0, 0.05) is 32.5 Å². The average Bonchev–Trinajstić information content (AvgIpc) is 2.94. The van der Waals surface area contributed by atoms with Crippen LogP contribution in [0.15, 0.2) is 18.5 Å². The molecule has 6 nitrogen and oxygen atoms in total. The maximum absolute atomic E-state index is 12.3. The summed E-state index contributed by atoms with van der Waals surface area (Å²) < 4.78 is 3.55. The van der Waals surface area contributed by atoms with E-state index in [9.17, 15) is 4.79 Å². The van der Waals surface area contributed by atoms with Gasteiger partial charge in [0.05, 0.1) is 24.0 Å². The van der Waals surface area contributed by atoms with E-state index in [-0.39, 0.29) is 5.91 Å². The van der Waals surface area contributed by atoms with Gasteiger partial charge in [-0.25, -0.2) is 0 Å². The Morgan fingerprint density at radius 2 is 2.21 bits per heavy atom. The summed E-state index contributed by atoms with van der Waals surface area (Å²) in [5.74, 6) is -0.0251. The summed E-state index contributed by atoms with van der Waals surface area (Å²) in [6, 6.07) is 1.91. The molecule has 0 aliphatic heterocycles. The first kappa shape index (κ1) is 13.3. The highest BCUT2D eigenvalue weighted by Gasteiger charge is 2.18. The third kappa shape index (κ3) is 2.67. The highest BCUT2D eigenvalue weighted by Crippen LogP contribution is 2.11. The van der Waals surface area contributed by atoms with Gasteiger partial charge in [-0.1, -0.05) is 0 Å². The largest absolute Gasteiger partial charge is 0.336 e. The number of carbonyl (C=O) groups excluding carboxylic acids is 1. The fourth-order valence-electron chi connectivity index (χ4n) is 2.04. The molecule has 2 rings (SSSR count). The molecule has 102 valence electrons. The van der Waals surface area contributed by atoms with Gasteiger partial charge in [-0.3, -0.25) is 14.2 Å². The average molecular weight is 261 g/mol. The van der Waals surface area contributed by atoms with Crippen LogP contribution in [0.25, 0.3) is 0 Å². The SMILES string of the molecule is CCn1ncc(C(=O)N(C)Cc2ccn(C)n2)c1C. The minimum absolute atomic E-state index is 0.0251. The number of aryl methyl sites for hydroxylation is 2. The quantitative estimate of drug-likeness (QED) is 0.831. The van der Waals surface area contributed by atoms with Crippen LogP contribution in [-0.2, 0) is 20.1 Å². The zero-order valence-corrected chi connectivity index (χ0v) is 11.8. The van der Waals surface area contributed by atoms with Crippen molar-refractivity contribution < 1.29 is 4.79 Å². The Balaban J connectivity index is 2.12. The van der Waals surface area contributed by atoms with Gasteiger partial charge in [-0.05, 0) is 19.9 Å². The standard InChI is InChI=1S/C13H19N5O/c1-5-18-10(2)12(8-14-18)13(19)16(3)9-11-6-7-17(4)15-11/h6-8H,5,9H2,1-4H3. The third-order valence-electron chi connectivity index (χ3n) is 3.15. The molecule has 0 bridgehead atoms. The molecule has 19 heavy (non-hydrogen) atoms. The number of hydrogen-bond acceptors (Lipinski definition) is 3. The van der Waals surface area contributed by atoms with Crippen LogP contribution in [0.1, 0.15) is 28.7 Å². The highest BCUT2D eigenvalue weighted by atomic mass is 16.2. The summed E-state index contributed by atoms with van der Waals surface area (Å²) in [7, 11) is 3.64. The van der Waals surface area contributed by atoms with Crippen molar-refractivity contribution in [2.75, 3.05) is 7.05 Å². The van der Waals surface area contributed by atoms with Crippen molar-refractivity contribution in [3.8, 4) is 0 Å². The summed E-state index contributed by atoms with van der Waals surface area (Å²) in [6.45, 7) is 5.18. The third-order valence-corrected chi connectivity index (χ3v) is 3.15. The first-order valence-electron chi connectivity index (χ1n) is 6.29. The summed E-state index contributed by atoms with van der Waals surface area (Å²) in [5.41, 5.74) is 2.43. The molecule has 0 N–H and O–H groups in total. The molecule has 0 aliphatic carbocycles. The molecule has 0 saturated carbocycles. The van der Waals surface area contributed by atoms with Crippen LogP contribution in [-0.4, -0.2) is 37.4 Å². The molecule has 0 saturated heterocycles. The van der Waals surface area contributed by atoms with Crippen LogP contribution in [0.4, 0.5) is 0 Å². The Kier molecular flexibility index (Phi) is 3.69. The molecule has 2 heterocycles. The molecular formula is C13H19N5O. The van der Waals surface area contributed by atoms with Crippen LogP contribution in [0, 0.1) is 6.92 Å². The van der Waals surface area contributed by atoms with Crippen LogP contribution in [0.5, 0.6) is 0 Å². The van der Waals surface area contributed by atoms with Gasteiger partial charge >= 0.3 is 0 Å². The van der Waals surface area contributed by atoms with Crippen molar-refractivity contribution in [3.63, 3.8) is 0 Å². The molecule has 2 aromatic rings. The number of aromatic nitrogens is 4. The monoisotopic (exact) mass is 261 g/mol. The molecule has 2 aromatic heterocycles. The number of hydrogen-bond donors (Lipinski definition) is 0. The fraction of sp³-hybridized carbons (Fsp3) is 0.462. The molecule has 0 aromatic carbocycles. The molecule has 0 fully saturated rings. The second-order valence-corrected chi connectivity index (χ2v) is 4.60. The van der Waals surface area contributed by atoms with E-state index in [1.54, 1.807) is 22.8 Å². The predicted octanol–water partition coefficient (Wildman–Crippen LogP) is 1.22. The van der Waals surface area contributed by atoms with Crippen LogP contribution < -0.4 is 0 Å². The van der Waals surface area contributed by atoms with Gasteiger partial charge in [0.25, 0.3) is 5.91 Å².